The molecule has 0 saturated carbocycles. The number of rotatable bonds is 7. The van der Waals surface area contributed by atoms with E-state index in [1.807, 2.05) is 12.1 Å². The number of amides is 1. The number of aryl methyl sites for hydroxylation is 2. The first kappa shape index (κ1) is 17.3. The molecule has 4 rings (SSSR count). The van der Waals surface area contributed by atoms with Gasteiger partial charge in [-0.3, -0.25) is 14.2 Å². The van der Waals surface area contributed by atoms with Crippen molar-refractivity contribution in [2.75, 3.05) is 13.2 Å². The van der Waals surface area contributed by atoms with Gasteiger partial charge < -0.3 is 14.5 Å². The lowest BCUT2D eigenvalue weighted by Gasteiger charge is -2.09. The molecule has 7 nitrogen and oxygen atoms in total. The van der Waals surface area contributed by atoms with E-state index in [0.29, 0.717) is 29.7 Å². The maximum Gasteiger partial charge on any atom is 0.261 e. The summed E-state index contributed by atoms with van der Waals surface area (Å²) in [6.07, 6.45) is 5.00. The lowest BCUT2D eigenvalue weighted by molar-refractivity contribution is -0.123. The van der Waals surface area contributed by atoms with Crippen molar-refractivity contribution in [2.24, 2.45) is 0 Å². The monoisotopic (exact) mass is 367 g/mol. The number of carbonyl (C=O) groups is 1. The van der Waals surface area contributed by atoms with Crippen molar-refractivity contribution in [3.05, 3.63) is 58.5 Å². The zero-order valence-corrected chi connectivity index (χ0v) is 14.9. The maximum atomic E-state index is 12.6. The van der Waals surface area contributed by atoms with Crippen LogP contribution in [0.4, 0.5) is 0 Å². The Morgan fingerprint density at radius 2 is 2.26 bits per heavy atom. The average Bonchev–Trinajstić information content (AvgIpc) is 3.36. The van der Waals surface area contributed by atoms with Crippen LogP contribution in [-0.4, -0.2) is 28.6 Å². The highest BCUT2D eigenvalue weighted by Crippen LogP contribution is 2.19. The Balaban J connectivity index is 1.32. The van der Waals surface area contributed by atoms with Gasteiger partial charge in [0.1, 0.15) is 17.3 Å². The van der Waals surface area contributed by atoms with Crippen LogP contribution in [0.5, 0.6) is 5.75 Å². The Kier molecular flexibility index (Phi) is 4.91. The van der Waals surface area contributed by atoms with E-state index in [1.165, 1.54) is 0 Å². The number of ether oxygens (including phenoxy) is 1. The molecule has 0 unspecified atom stereocenters. The molecule has 1 N–H and O–H groups in total. The Hall–Kier alpha value is -3.09. The SMILES string of the molecule is O=C(COc1ccc2nc3n(c(=O)c2c1)CCC3)NCCCc1ccco1. The Morgan fingerprint density at radius 3 is 3.11 bits per heavy atom. The van der Waals surface area contributed by atoms with Gasteiger partial charge in [0.25, 0.3) is 11.5 Å². The molecular weight excluding hydrogens is 346 g/mol. The van der Waals surface area contributed by atoms with Gasteiger partial charge in [-0.05, 0) is 43.2 Å². The third kappa shape index (κ3) is 3.86. The van der Waals surface area contributed by atoms with Crippen molar-refractivity contribution >= 4 is 16.8 Å². The molecule has 3 aromatic rings. The number of benzene rings is 1. The number of aromatic nitrogens is 2. The first-order valence-electron chi connectivity index (χ1n) is 9.16. The largest absolute Gasteiger partial charge is 0.484 e. The normalized spacial score (nSPS) is 12.9. The fraction of sp³-hybridized carbons (Fsp3) is 0.350. The van der Waals surface area contributed by atoms with Gasteiger partial charge in [-0.25, -0.2) is 4.98 Å². The third-order valence-electron chi connectivity index (χ3n) is 4.66. The van der Waals surface area contributed by atoms with E-state index in [1.54, 1.807) is 29.0 Å². The second-order valence-electron chi connectivity index (χ2n) is 6.59. The second-order valence-corrected chi connectivity index (χ2v) is 6.59. The quantitative estimate of drug-likeness (QED) is 0.646. The smallest absolute Gasteiger partial charge is 0.261 e. The number of nitrogens with one attached hydrogen (secondary N) is 1. The molecule has 1 aliphatic rings. The number of carbonyl (C=O) groups excluding carboxylic acids is 1. The van der Waals surface area contributed by atoms with Crippen LogP contribution in [0.25, 0.3) is 10.9 Å². The second kappa shape index (κ2) is 7.65. The zero-order chi connectivity index (χ0) is 18.6. The Bertz CT molecular complexity index is 1010. The highest BCUT2D eigenvalue weighted by Gasteiger charge is 2.16. The van der Waals surface area contributed by atoms with Gasteiger partial charge >= 0.3 is 0 Å². The standard InChI is InChI=1S/C20H21N3O4/c24-19(21-9-1-4-14-5-3-11-26-14)13-27-15-7-8-17-16(12-15)20(25)23-10-2-6-18(23)22-17/h3,5,7-8,11-12H,1-2,4,6,9-10,13H2,(H,21,24). The molecule has 27 heavy (non-hydrogen) atoms. The lowest BCUT2D eigenvalue weighted by Crippen LogP contribution is -2.30. The molecule has 3 heterocycles. The van der Waals surface area contributed by atoms with Crippen LogP contribution < -0.4 is 15.6 Å². The zero-order valence-electron chi connectivity index (χ0n) is 14.9. The van der Waals surface area contributed by atoms with E-state index < -0.39 is 0 Å². The van der Waals surface area contributed by atoms with Crippen molar-refractivity contribution in [3.63, 3.8) is 0 Å². The first-order chi connectivity index (χ1) is 13.2. The van der Waals surface area contributed by atoms with Crippen LogP contribution in [0.3, 0.4) is 0 Å². The van der Waals surface area contributed by atoms with E-state index in [9.17, 15) is 9.59 Å². The van der Waals surface area contributed by atoms with Crippen LogP contribution in [0, 0.1) is 0 Å². The topological polar surface area (TPSA) is 86.4 Å². The maximum absolute atomic E-state index is 12.6. The molecule has 1 amide bonds. The van der Waals surface area contributed by atoms with Gasteiger partial charge in [0.15, 0.2) is 6.61 Å². The molecule has 0 aliphatic carbocycles. The molecule has 1 aromatic carbocycles. The molecule has 0 bridgehead atoms. The van der Waals surface area contributed by atoms with Gasteiger partial charge in [0, 0.05) is 25.9 Å². The van der Waals surface area contributed by atoms with Gasteiger partial charge in [0.2, 0.25) is 0 Å². The fourth-order valence-electron chi connectivity index (χ4n) is 3.30. The van der Waals surface area contributed by atoms with Crippen molar-refractivity contribution in [1.29, 1.82) is 0 Å². The number of hydrogen-bond donors (Lipinski definition) is 1. The van der Waals surface area contributed by atoms with E-state index in [-0.39, 0.29) is 18.1 Å². The predicted octanol–water partition coefficient (Wildman–Crippen LogP) is 2.06. The molecule has 140 valence electrons. The summed E-state index contributed by atoms with van der Waals surface area (Å²) < 4.78 is 12.5. The summed E-state index contributed by atoms with van der Waals surface area (Å²) in [5.74, 6) is 2.04. The molecule has 0 spiro atoms. The first-order valence-corrected chi connectivity index (χ1v) is 9.16. The van der Waals surface area contributed by atoms with Crippen LogP contribution >= 0.6 is 0 Å². The minimum Gasteiger partial charge on any atom is -0.484 e. The van der Waals surface area contributed by atoms with Crippen LogP contribution in [-0.2, 0) is 24.2 Å². The molecule has 0 atom stereocenters. The van der Waals surface area contributed by atoms with Crippen molar-refractivity contribution in [2.45, 2.75) is 32.2 Å². The molecular formula is C20H21N3O4. The van der Waals surface area contributed by atoms with Gasteiger partial charge in [-0.1, -0.05) is 0 Å². The molecule has 0 fully saturated rings. The fourth-order valence-corrected chi connectivity index (χ4v) is 3.30. The van der Waals surface area contributed by atoms with Crippen molar-refractivity contribution in [1.82, 2.24) is 14.9 Å². The number of hydrogen-bond acceptors (Lipinski definition) is 5. The van der Waals surface area contributed by atoms with Crippen LogP contribution in [0.15, 0.2) is 45.8 Å². The van der Waals surface area contributed by atoms with Crippen LogP contribution in [0.1, 0.15) is 24.4 Å². The Labute approximate surface area is 156 Å². The van der Waals surface area contributed by atoms with E-state index >= 15 is 0 Å². The summed E-state index contributed by atoms with van der Waals surface area (Å²) in [4.78, 5) is 29.0. The van der Waals surface area contributed by atoms with Gasteiger partial charge in [-0.15, -0.1) is 0 Å². The van der Waals surface area contributed by atoms with Crippen molar-refractivity contribution < 1.29 is 13.9 Å². The molecule has 7 heteroatoms. The highest BCUT2D eigenvalue weighted by atomic mass is 16.5. The lowest BCUT2D eigenvalue weighted by atomic mass is 10.2. The Morgan fingerprint density at radius 1 is 1.33 bits per heavy atom. The van der Waals surface area contributed by atoms with Crippen LogP contribution in [0.2, 0.25) is 0 Å². The summed E-state index contributed by atoms with van der Waals surface area (Å²) in [6.45, 7) is 1.17. The van der Waals surface area contributed by atoms with E-state index in [4.69, 9.17) is 9.15 Å². The summed E-state index contributed by atoms with van der Waals surface area (Å²) >= 11 is 0. The number of furan rings is 1. The molecule has 0 radical (unpaired) electrons. The number of fused-ring (bicyclic) bond motifs is 2. The summed E-state index contributed by atoms with van der Waals surface area (Å²) in [6, 6.07) is 8.94. The summed E-state index contributed by atoms with van der Waals surface area (Å²) in [7, 11) is 0. The van der Waals surface area contributed by atoms with Gasteiger partial charge in [-0.2, -0.15) is 0 Å². The minimum atomic E-state index is -0.196. The van der Waals surface area contributed by atoms with E-state index in [2.05, 4.69) is 10.3 Å². The van der Waals surface area contributed by atoms with Crippen molar-refractivity contribution in [3.8, 4) is 5.75 Å². The summed E-state index contributed by atoms with van der Waals surface area (Å²) in [5.41, 5.74) is 0.628. The third-order valence-corrected chi connectivity index (χ3v) is 4.66. The van der Waals surface area contributed by atoms with E-state index in [0.717, 1.165) is 37.3 Å². The average molecular weight is 367 g/mol. The predicted molar refractivity (Wildman–Crippen MR) is 99.9 cm³/mol. The minimum absolute atomic E-state index is 0.0414. The highest BCUT2D eigenvalue weighted by molar-refractivity contribution is 5.80. The number of nitrogens with zero attached hydrogens (tertiary/aromatic N) is 2. The molecule has 0 saturated heterocycles. The van der Waals surface area contributed by atoms with Gasteiger partial charge in [0.05, 0.1) is 17.2 Å². The summed E-state index contributed by atoms with van der Waals surface area (Å²) in [5, 5.41) is 3.34. The molecule has 2 aromatic heterocycles. The molecule has 1 aliphatic heterocycles.